The maximum atomic E-state index is 4.31. The summed E-state index contributed by atoms with van der Waals surface area (Å²) in [4.78, 5) is 0. The Balaban J connectivity index is 2.19. The average Bonchev–Trinajstić information content (AvgIpc) is 2.78. The molecule has 0 radical (unpaired) electrons. The molecule has 0 amide bonds. The Bertz CT molecular complexity index is 572. The van der Waals surface area contributed by atoms with E-state index in [0.29, 0.717) is 0 Å². The molecule has 0 saturated carbocycles. The van der Waals surface area contributed by atoms with Gasteiger partial charge in [-0.05, 0) is 55.8 Å². The van der Waals surface area contributed by atoms with E-state index in [0.717, 1.165) is 16.6 Å². The van der Waals surface area contributed by atoms with Gasteiger partial charge in [0.25, 0.3) is 0 Å². The molecule has 1 heterocycles. The minimum atomic E-state index is 0.101. The molecule has 0 aliphatic heterocycles. The second-order valence-electron chi connectivity index (χ2n) is 5.54. The number of halogens is 1. The number of benzene rings is 1. The van der Waals surface area contributed by atoms with Gasteiger partial charge in [-0.25, -0.2) is 0 Å². The number of hydrogen-bond acceptors (Lipinski definition) is 4. The highest BCUT2D eigenvalue weighted by molar-refractivity contribution is 14.1. The van der Waals surface area contributed by atoms with Crippen LogP contribution in [0, 0.1) is 10.5 Å². The van der Waals surface area contributed by atoms with Crippen molar-refractivity contribution >= 4 is 33.9 Å². The second-order valence-corrected chi connectivity index (χ2v) is 7.68. The largest absolute Gasteiger partial charge is 0.306 e. The highest BCUT2D eigenvalue weighted by Gasteiger charge is 2.13. The summed E-state index contributed by atoms with van der Waals surface area (Å²) in [6.07, 6.45) is 0. The highest BCUT2D eigenvalue weighted by Crippen LogP contribution is 2.29. The van der Waals surface area contributed by atoms with Crippen molar-refractivity contribution in [1.29, 1.82) is 0 Å². The first-order valence-electron chi connectivity index (χ1n) is 6.20. The maximum Gasteiger partial charge on any atom is 0.148 e. The minimum absolute atomic E-state index is 0.101. The molecule has 1 N–H and O–H groups in total. The summed E-state index contributed by atoms with van der Waals surface area (Å²) in [6.45, 7) is 9.34. The molecule has 0 bridgehead atoms. The van der Waals surface area contributed by atoms with Crippen LogP contribution in [0.15, 0.2) is 18.2 Å². The third-order valence-corrected chi connectivity index (χ3v) is 5.05. The number of aromatic nitrogens is 2. The molecule has 2 aromatic rings. The molecule has 102 valence electrons. The molecule has 0 aliphatic carbocycles. The van der Waals surface area contributed by atoms with E-state index < -0.39 is 0 Å². The Hall–Kier alpha value is -0.530. The van der Waals surface area contributed by atoms with Crippen molar-refractivity contribution in [3.63, 3.8) is 0 Å². The molecule has 19 heavy (non-hydrogen) atoms. The number of nitrogens with one attached hydrogen (secondary N) is 1. The molecule has 1 aromatic carbocycles. The van der Waals surface area contributed by atoms with Gasteiger partial charge in [0.05, 0.1) is 6.54 Å². The van der Waals surface area contributed by atoms with Crippen LogP contribution in [-0.2, 0) is 6.54 Å². The van der Waals surface area contributed by atoms with Gasteiger partial charge in [0.15, 0.2) is 0 Å². The van der Waals surface area contributed by atoms with E-state index in [1.807, 2.05) is 0 Å². The molecule has 0 saturated heterocycles. The summed E-state index contributed by atoms with van der Waals surface area (Å²) in [7, 11) is 0. The smallest absolute Gasteiger partial charge is 0.148 e. The van der Waals surface area contributed by atoms with Gasteiger partial charge in [-0.3, -0.25) is 0 Å². The molecular formula is C14H18IN3S. The Labute approximate surface area is 132 Å². The van der Waals surface area contributed by atoms with Crippen LogP contribution in [0.4, 0.5) is 0 Å². The predicted molar refractivity (Wildman–Crippen MR) is 89.4 cm³/mol. The molecule has 3 nitrogen and oxygen atoms in total. The summed E-state index contributed by atoms with van der Waals surface area (Å²) in [5, 5.41) is 14.0. The summed E-state index contributed by atoms with van der Waals surface area (Å²) in [6, 6.07) is 6.30. The lowest BCUT2D eigenvalue weighted by Gasteiger charge is -2.19. The Morgan fingerprint density at radius 1 is 1.26 bits per heavy atom. The van der Waals surface area contributed by atoms with E-state index in [1.54, 1.807) is 11.3 Å². The maximum absolute atomic E-state index is 4.31. The summed E-state index contributed by atoms with van der Waals surface area (Å²) < 4.78 is 1.26. The second kappa shape index (κ2) is 5.85. The molecule has 0 atom stereocenters. The van der Waals surface area contributed by atoms with Gasteiger partial charge in [-0.15, -0.1) is 10.2 Å². The molecule has 1 aromatic heterocycles. The van der Waals surface area contributed by atoms with E-state index >= 15 is 0 Å². The van der Waals surface area contributed by atoms with Crippen molar-refractivity contribution in [3.8, 4) is 10.6 Å². The standard InChI is InChI=1S/C14H18IN3S/c1-9-6-5-7-10(12(9)15)13-18-17-11(19-13)8-16-14(2,3)4/h5-7,16H,8H2,1-4H3. The third kappa shape index (κ3) is 3.97. The molecule has 2 rings (SSSR count). The normalized spacial score (nSPS) is 11.8. The van der Waals surface area contributed by atoms with Gasteiger partial charge in [-0.1, -0.05) is 29.5 Å². The zero-order chi connectivity index (χ0) is 14.0. The van der Waals surface area contributed by atoms with Crippen molar-refractivity contribution in [2.24, 2.45) is 0 Å². The van der Waals surface area contributed by atoms with Crippen molar-refractivity contribution in [2.75, 3.05) is 0 Å². The first kappa shape index (κ1) is 14.9. The van der Waals surface area contributed by atoms with Crippen molar-refractivity contribution in [3.05, 3.63) is 32.3 Å². The zero-order valence-corrected chi connectivity index (χ0v) is 14.6. The van der Waals surface area contributed by atoms with Crippen LogP contribution in [0.25, 0.3) is 10.6 Å². The number of aryl methyl sites for hydroxylation is 1. The van der Waals surface area contributed by atoms with Crippen LogP contribution in [0.3, 0.4) is 0 Å². The van der Waals surface area contributed by atoms with Crippen LogP contribution < -0.4 is 5.32 Å². The van der Waals surface area contributed by atoms with Crippen molar-refractivity contribution < 1.29 is 0 Å². The van der Waals surface area contributed by atoms with E-state index in [4.69, 9.17) is 0 Å². The van der Waals surface area contributed by atoms with Crippen LogP contribution in [0.2, 0.25) is 0 Å². The fourth-order valence-electron chi connectivity index (χ4n) is 1.59. The van der Waals surface area contributed by atoms with E-state index in [1.165, 1.54) is 14.7 Å². The Morgan fingerprint density at radius 3 is 2.68 bits per heavy atom. The highest BCUT2D eigenvalue weighted by atomic mass is 127. The third-order valence-electron chi connectivity index (χ3n) is 2.66. The first-order valence-corrected chi connectivity index (χ1v) is 8.09. The van der Waals surface area contributed by atoms with Gasteiger partial charge in [0, 0.05) is 14.7 Å². The molecule has 0 aliphatic rings. The summed E-state index contributed by atoms with van der Waals surface area (Å²) in [5.41, 5.74) is 2.56. The average molecular weight is 387 g/mol. The van der Waals surface area contributed by atoms with Crippen LogP contribution in [-0.4, -0.2) is 15.7 Å². The first-order chi connectivity index (χ1) is 8.87. The van der Waals surface area contributed by atoms with Crippen LogP contribution in [0.5, 0.6) is 0 Å². The lowest BCUT2D eigenvalue weighted by molar-refractivity contribution is 0.423. The fraction of sp³-hybridized carbons (Fsp3) is 0.429. The van der Waals surface area contributed by atoms with E-state index in [9.17, 15) is 0 Å². The van der Waals surface area contributed by atoms with Gasteiger partial charge in [0.1, 0.15) is 10.0 Å². The predicted octanol–water partition coefficient (Wildman–Crippen LogP) is 4.01. The zero-order valence-electron chi connectivity index (χ0n) is 11.6. The topological polar surface area (TPSA) is 37.8 Å². The number of hydrogen-bond donors (Lipinski definition) is 1. The Morgan fingerprint density at radius 2 is 2.00 bits per heavy atom. The number of rotatable bonds is 3. The quantitative estimate of drug-likeness (QED) is 0.809. The van der Waals surface area contributed by atoms with E-state index in [2.05, 4.69) is 84.0 Å². The summed E-state index contributed by atoms with van der Waals surface area (Å²) >= 11 is 4.04. The lowest BCUT2D eigenvalue weighted by atomic mass is 10.1. The monoisotopic (exact) mass is 387 g/mol. The minimum Gasteiger partial charge on any atom is -0.306 e. The van der Waals surface area contributed by atoms with Crippen molar-refractivity contribution in [1.82, 2.24) is 15.5 Å². The van der Waals surface area contributed by atoms with Gasteiger partial charge >= 0.3 is 0 Å². The van der Waals surface area contributed by atoms with E-state index in [-0.39, 0.29) is 5.54 Å². The molecular weight excluding hydrogens is 369 g/mol. The summed E-state index contributed by atoms with van der Waals surface area (Å²) in [5.74, 6) is 0. The fourth-order valence-corrected chi connectivity index (χ4v) is 3.20. The van der Waals surface area contributed by atoms with Crippen molar-refractivity contribution in [2.45, 2.75) is 39.8 Å². The molecule has 0 spiro atoms. The van der Waals surface area contributed by atoms with Gasteiger partial charge in [-0.2, -0.15) is 0 Å². The lowest BCUT2D eigenvalue weighted by Crippen LogP contribution is -2.35. The van der Waals surface area contributed by atoms with Gasteiger partial charge < -0.3 is 5.32 Å². The molecule has 0 fully saturated rings. The molecule has 0 unspecified atom stereocenters. The van der Waals surface area contributed by atoms with Gasteiger partial charge in [0.2, 0.25) is 0 Å². The van der Waals surface area contributed by atoms with Crippen LogP contribution >= 0.6 is 33.9 Å². The Kier molecular flexibility index (Phi) is 4.58. The number of nitrogens with zero attached hydrogens (tertiary/aromatic N) is 2. The molecule has 5 heteroatoms. The van der Waals surface area contributed by atoms with Crippen LogP contribution in [0.1, 0.15) is 31.3 Å². The SMILES string of the molecule is Cc1cccc(-c2nnc(CNC(C)(C)C)s2)c1I.